The summed E-state index contributed by atoms with van der Waals surface area (Å²) in [6, 6.07) is 2.68. The van der Waals surface area contributed by atoms with Crippen molar-refractivity contribution in [3.63, 3.8) is 0 Å². The molecule has 0 aromatic carbocycles. The molecule has 1 aromatic heterocycles. The fourth-order valence-corrected chi connectivity index (χ4v) is 1.15. The fraction of sp³-hybridized carbons (Fsp3) is 0.500. The lowest BCUT2D eigenvalue weighted by Crippen LogP contribution is -2.29. The quantitative estimate of drug-likeness (QED) is 0.514. The first-order valence-electron chi connectivity index (χ1n) is 5.71. The maximum absolute atomic E-state index is 10.1. The Hall–Kier alpha value is -1.66. The number of aryl methyl sites for hydroxylation is 1. The summed E-state index contributed by atoms with van der Waals surface area (Å²) in [6.07, 6.45) is 2.85. The third kappa shape index (κ3) is 7.59. The predicted octanol–water partition coefficient (Wildman–Crippen LogP) is 0.928. The molecule has 102 valence electrons. The molecule has 0 bridgehead atoms. The Morgan fingerprint density at radius 3 is 2.50 bits per heavy atom. The Bertz CT molecular complexity index is 363. The number of hydrogen-bond donors (Lipinski definition) is 3. The van der Waals surface area contributed by atoms with Crippen LogP contribution in [0.3, 0.4) is 0 Å². The van der Waals surface area contributed by atoms with Gasteiger partial charge in [-0.2, -0.15) is 0 Å². The average Bonchev–Trinajstić information content (AvgIpc) is 2.76. The van der Waals surface area contributed by atoms with Gasteiger partial charge >= 0.3 is 5.97 Å². The summed E-state index contributed by atoms with van der Waals surface area (Å²) >= 11 is 0. The van der Waals surface area contributed by atoms with E-state index in [0.717, 1.165) is 18.6 Å². The zero-order valence-electron chi connectivity index (χ0n) is 10.5. The third-order valence-corrected chi connectivity index (χ3v) is 2.16. The van der Waals surface area contributed by atoms with Crippen LogP contribution in [0.15, 0.2) is 16.5 Å². The second-order valence-electron chi connectivity index (χ2n) is 3.80. The van der Waals surface area contributed by atoms with Crippen LogP contribution in [0.5, 0.6) is 0 Å². The molecule has 0 aliphatic rings. The number of furan rings is 1. The van der Waals surface area contributed by atoms with Gasteiger partial charge in [0, 0.05) is 0 Å². The van der Waals surface area contributed by atoms with Crippen LogP contribution in [0.4, 0.5) is 0 Å². The van der Waals surface area contributed by atoms with Crippen molar-refractivity contribution >= 4 is 12.3 Å². The molecule has 0 spiro atoms. The van der Waals surface area contributed by atoms with Crippen molar-refractivity contribution in [1.82, 2.24) is 0 Å². The molecule has 0 amide bonds. The molecule has 0 saturated carbocycles. The van der Waals surface area contributed by atoms with Crippen LogP contribution in [-0.4, -0.2) is 29.9 Å². The van der Waals surface area contributed by atoms with Gasteiger partial charge in [0.25, 0.3) is 0 Å². The molecule has 0 saturated heterocycles. The second-order valence-corrected chi connectivity index (χ2v) is 3.80. The summed E-state index contributed by atoms with van der Waals surface area (Å²) in [4.78, 5) is 20.1. The van der Waals surface area contributed by atoms with E-state index in [1.807, 2.05) is 0 Å². The van der Waals surface area contributed by atoms with Crippen LogP contribution in [0.2, 0.25) is 0 Å². The van der Waals surface area contributed by atoms with Gasteiger partial charge in [0.1, 0.15) is 11.8 Å². The standard InChI is InChI=1S/C6H14N2O2.C6H6O2/c7-4-2-1-3-5(8)6(9)10;1-5-2-3-6(4-7)8-5/h5H,1-4,7-8H2,(H,9,10);2-4H,1H3. The summed E-state index contributed by atoms with van der Waals surface area (Å²) in [5, 5.41) is 8.33. The van der Waals surface area contributed by atoms with Crippen molar-refractivity contribution in [3.8, 4) is 0 Å². The first-order valence-corrected chi connectivity index (χ1v) is 5.71. The van der Waals surface area contributed by atoms with Crippen molar-refractivity contribution in [2.45, 2.75) is 32.2 Å². The lowest BCUT2D eigenvalue weighted by molar-refractivity contribution is -0.138. The van der Waals surface area contributed by atoms with Gasteiger partial charge in [0.05, 0.1) is 0 Å². The maximum atomic E-state index is 10.1. The minimum Gasteiger partial charge on any atom is -0.480 e. The van der Waals surface area contributed by atoms with Crippen LogP contribution in [-0.2, 0) is 4.79 Å². The fourth-order valence-electron chi connectivity index (χ4n) is 1.15. The van der Waals surface area contributed by atoms with Gasteiger partial charge in [0.2, 0.25) is 0 Å². The summed E-state index contributed by atoms with van der Waals surface area (Å²) in [6.45, 7) is 2.40. The Labute approximate surface area is 106 Å². The number of aldehydes is 1. The number of carboxylic acid groups (broad SMARTS) is 1. The van der Waals surface area contributed by atoms with E-state index in [4.69, 9.17) is 21.0 Å². The largest absolute Gasteiger partial charge is 0.480 e. The summed E-state index contributed by atoms with van der Waals surface area (Å²) < 4.78 is 4.86. The molecular weight excluding hydrogens is 236 g/mol. The summed E-state index contributed by atoms with van der Waals surface area (Å²) in [7, 11) is 0. The number of hydrogen-bond acceptors (Lipinski definition) is 5. The zero-order chi connectivity index (χ0) is 14.0. The number of carboxylic acids is 1. The molecule has 0 radical (unpaired) electrons. The van der Waals surface area contributed by atoms with E-state index in [9.17, 15) is 9.59 Å². The van der Waals surface area contributed by atoms with E-state index in [1.54, 1.807) is 19.1 Å². The molecule has 0 aliphatic carbocycles. The highest BCUT2D eigenvalue weighted by molar-refractivity contribution is 5.72. The number of carbonyl (C=O) groups is 2. The predicted molar refractivity (Wildman–Crippen MR) is 67.3 cm³/mol. The van der Waals surface area contributed by atoms with E-state index >= 15 is 0 Å². The number of aliphatic carboxylic acids is 1. The van der Waals surface area contributed by atoms with Crippen LogP contribution in [0.25, 0.3) is 0 Å². The molecule has 6 heteroatoms. The second kappa shape index (κ2) is 9.38. The number of carbonyl (C=O) groups excluding carboxylic acids is 1. The van der Waals surface area contributed by atoms with Crippen LogP contribution < -0.4 is 11.5 Å². The Balaban J connectivity index is 0.000000327. The molecule has 1 atom stereocenters. The highest BCUT2D eigenvalue weighted by atomic mass is 16.4. The Morgan fingerprint density at radius 1 is 1.50 bits per heavy atom. The van der Waals surface area contributed by atoms with Gasteiger partial charge in [-0.1, -0.05) is 6.42 Å². The molecule has 1 unspecified atom stereocenters. The van der Waals surface area contributed by atoms with Crippen molar-refractivity contribution in [2.75, 3.05) is 6.54 Å². The summed E-state index contributed by atoms with van der Waals surface area (Å²) in [5.74, 6) is 0.228. The van der Waals surface area contributed by atoms with Crippen LogP contribution >= 0.6 is 0 Å². The first kappa shape index (κ1) is 16.3. The molecule has 1 aromatic rings. The number of unbranched alkanes of at least 4 members (excludes halogenated alkanes) is 1. The van der Waals surface area contributed by atoms with Gasteiger partial charge in [-0.05, 0) is 38.4 Å². The maximum Gasteiger partial charge on any atom is 0.320 e. The molecule has 6 nitrogen and oxygen atoms in total. The molecule has 5 N–H and O–H groups in total. The van der Waals surface area contributed by atoms with Gasteiger partial charge in [-0.3, -0.25) is 9.59 Å². The molecule has 1 rings (SSSR count). The smallest absolute Gasteiger partial charge is 0.320 e. The van der Waals surface area contributed by atoms with Crippen LogP contribution in [0, 0.1) is 6.92 Å². The number of rotatable bonds is 6. The van der Waals surface area contributed by atoms with E-state index in [0.29, 0.717) is 25.0 Å². The minimum absolute atomic E-state index is 0.391. The van der Waals surface area contributed by atoms with Crippen LogP contribution in [0.1, 0.15) is 35.6 Å². The highest BCUT2D eigenvalue weighted by Gasteiger charge is 2.09. The topological polar surface area (TPSA) is 120 Å². The van der Waals surface area contributed by atoms with Gasteiger partial charge < -0.3 is 21.0 Å². The monoisotopic (exact) mass is 256 g/mol. The normalized spacial score (nSPS) is 11.3. The van der Waals surface area contributed by atoms with E-state index in [1.165, 1.54) is 0 Å². The molecule has 0 aliphatic heterocycles. The van der Waals surface area contributed by atoms with E-state index in [-0.39, 0.29) is 0 Å². The van der Waals surface area contributed by atoms with Gasteiger partial charge in [-0.15, -0.1) is 0 Å². The third-order valence-electron chi connectivity index (χ3n) is 2.16. The van der Waals surface area contributed by atoms with Gasteiger partial charge in [-0.25, -0.2) is 0 Å². The van der Waals surface area contributed by atoms with Crippen molar-refractivity contribution < 1.29 is 19.1 Å². The minimum atomic E-state index is -0.933. The zero-order valence-corrected chi connectivity index (χ0v) is 10.5. The molecular formula is C12H20N2O4. The molecule has 1 heterocycles. The van der Waals surface area contributed by atoms with Crippen molar-refractivity contribution in [2.24, 2.45) is 11.5 Å². The Kier molecular flexibility index (Phi) is 8.51. The summed E-state index contributed by atoms with van der Waals surface area (Å²) in [5.41, 5.74) is 10.4. The van der Waals surface area contributed by atoms with E-state index in [2.05, 4.69) is 0 Å². The average molecular weight is 256 g/mol. The molecule has 0 fully saturated rings. The van der Waals surface area contributed by atoms with Crippen molar-refractivity contribution in [3.05, 3.63) is 23.7 Å². The lowest BCUT2D eigenvalue weighted by Gasteiger charge is -2.03. The first-order chi connectivity index (χ1) is 8.51. The molecule has 18 heavy (non-hydrogen) atoms. The van der Waals surface area contributed by atoms with Crippen molar-refractivity contribution in [1.29, 1.82) is 0 Å². The highest BCUT2D eigenvalue weighted by Crippen LogP contribution is 2.01. The Morgan fingerprint density at radius 2 is 2.17 bits per heavy atom. The lowest BCUT2D eigenvalue weighted by atomic mass is 10.1. The number of nitrogens with two attached hydrogens (primary N) is 2. The van der Waals surface area contributed by atoms with E-state index < -0.39 is 12.0 Å². The van der Waals surface area contributed by atoms with Gasteiger partial charge in [0.15, 0.2) is 12.0 Å². The SMILES string of the molecule is Cc1ccc(C=O)o1.NCCCCC(N)C(=O)O.